The number of aromatic nitrogens is 4. The van der Waals surface area contributed by atoms with Gasteiger partial charge in [0.25, 0.3) is 0 Å². The fraction of sp³-hybridized carbons (Fsp3) is 0.538. The van der Waals surface area contributed by atoms with Crippen LogP contribution in [-0.4, -0.2) is 40.5 Å². The van der Waals surface area contributed by atoms with Gasteiger partial charge in [0.1, 0.15) is 0 Å². The number of methoxy groups -OCH3 is 1. The average molecular weight is 402 g/mol. The summed E-state index contributed by atoms with van der Waals surface area (Å²) in [6, 6.07) is -1.34. The molecule has 1 amide bonds. The second-order valence-electron chi connectivity index (χ2n) is 5.63. The van der Waals surface area contributed by atoms with E-state index in [2.05, 4.69) is 9.50 Å². The summed E-state index contributed by atoms with van der Waals surface area (Å²) < 4.78 is 38.0. The number of hydrogen-bond acceptors (Lipinski definition) is 7. The molecule has 0 radical (unpaired) electrons. The molecule has 0 unspecified atom stereocenters. The maximum Gasteiger partial charge on any atom is 0.361 e. The SMILES string of the molecule is CCCn1ccsc1=NS(=O)(=O)NC(=O)n1nc(OC)n(C2CC2)c1=O. The molecule has 0 aromatic carbocycles. The van der Waals surface area contributed by atoms with Gasteiger partial charge < -0.3 is 9.30 Å². The van der Waals surface area contributed by atoms with E-state index in [1.54, 1.807) is 20.9 Å². The van der Waals surface area contributed by atoms with Crippen molar-refractivity contribution in [3.63, 3.8) is 0 Å². The number of nitrogens with zero attached hydrogens (tertiary/aromatic N) is 5. The molecule has 2 heterocycles. The van der Waals surface area contributed by atoms with Crippen LogP contribution >= 0.6 is 11.3 Å². The summed E-state index contributed by atoms with van der Waals surface area (Å²) in [6.45, 7) is 2.54. The summed E-state index contributed by atoms with van der Waals surface area (Å²) in [6.07, 6.45) is 4.04. The average Bonchev–Trinajstić information content (AvgIpc) is 3.23. The van der Waals surface area contributed by atoms with E-state index in [0.717, 1.165) is 30.6 Å². The van der Waals surface area contributed by atoms with E-state index in [0.29, 0.717) is 11.2 Å². The highest BCUT2D eigenvalue weighted by molar-refractivity contribution is 7.88. The van der Waals surface area contributed by atoms with Crippen molar-refractivity contribution < 1.29 is 17.9 Å². The lowest BCUT2D eigenvalue weighted by atomic mass is 10.5. The minimum atomic E-state index is -4.36. The van der Waals surface area contributed by atoms with Crippen LogP contribution in [0.5, 0.6) is 6.01 Å². The van der Waals surface area contributed by atoms with Crippen molar-refractivity contribution in [2.24, 2.45) is 4.40 Å². The molecule has 13 heteroatoms. The van der Waals surface area contributed by atoms with Gasteiger partial charge in [-0.05, 0) is 19.3 Å². The van der Waals surface area contributed by atoms with Crippen LogP contribution in [0, 0.1) is 0 Å². The Morgan fingerprint density at radius 1 is 1.50 bits per heavy atom. The third kappa shape index (κ3) is 3.72. The fourth-order valence-electron chi connectivity index (χ4n) is 2.34. The second kappa shape index (κ2) is 7.07. The van der Waals surface area contributed by atoms with Gasteiger partial charge in [0.15, 0.2) is 0 Å². The maximum absolute atomic E-state index is 12.3. The summed E-state index contributed by atoms with van der Waals surface area (Å²) in [5.74, 6) is 0. The van der Waals surface area contributed by atoms with E-state index >= 15 is 0 Å². The molecule has 1 saturated carbocycles. The van der Waals surface area contributed by atoms with Gasteiger partial charge in [-0.2, -0.15) is 8.42 Å². The first kappa shape index (κ1) is 18.4. The highest BCUT2D eigenvalue weighted by Crippen LogP contribution is 2.35. The molecular weight excluding hydrogens is 384 g/mol. The molecule has 0 aliphatic heterocycles. The van der Waals surface area contributed by atoms with E-state index in [1.807, 2.05) is 6.92 Å². The van der Waals surface area contributed by atoms with Gasteiger partial charge in [0.2, 0.25) is 4.80 Å². The highest BCUT2D eigenvalue weighted by atomic mass is 32.2. The molecule has 2 aromatic heterocycles. The first-order valence-electron chi connectivity index (χ1n) is 7.89. The maximum atomic E-state index is 12.3. The number of ether oxygens (including phenoxy) is 1. The molecule has 1 N–H and O–H groups in total. The predicted octanol–water partition coefficient (Wildman–Crippen LogP) is 0.0647. The number of nitrogens with one attached hydrogen (secondary N) is 1. The van der Waals surface area contributed by atoms with Crippen molar-refractivity contribution in [3.8, 4) is 6.01 Å². The highest BCUT2D eigenvalue weighted by Gasteiger charge is 2.32. The molecule has 1 aliphatic carbocycles. The summed E-state index contributed by atoms with van der Waals surface area (Å²) in [5, 5.41) is 5.43. The molecule has 0 atom stereocenters. The molecule has 1 aliphatic rings. The molecule has 26 heavy (non-hydrogen) atoms. The Bertz CT molecular complexity index is 1040. The first-order chi connectivity index (χ1) is 12.4. The first-order valence-corrected chi connectivity index (χ1v) is 10.2. The van der Waals surface area contributed by atoms with Crippen LogP contribution in [0.3, 0.4) is 0 Å². The number of aryl methyl sites for hydroxylation is 1. The molecule has 1 fully saturated rings. The van der Waals surface area contributed by atoms with Crippen molar-refractivity contribution in [3.05, 3.63) is 26.9 Å². The van der Waals surface area contributed by atoms with Crippen LogP contribution < -0.4 is 20.0 Å². The summed E-state index contributed by atoms with van der Waals surface area (Å²) >= 11 is 1.12. The van der Waals surface area contributed by atoms with Gasteiger partial charge in [-0.25, -0.2) is 18.9 Å². The molecule has 2 aromatic rings. The van der Waals surface area contributed by atoms with E-state index in [4.69, 9.17) is 4.74 Å². The van der Waals surface area contributed by atoms with Crippen molar-refractivity contribution >= 4 is 27.6 Å². The lowest BCUT2D eigenvalue weighted by Gasteiger charge is -2.02. The van der Waals surface area contributed by atoms with E-state index < -0.39 is 21.9 Å². The second-order valence-corrected chi connectivity index (χ2v) is 7.84. The minimum absolute atomic E-state index is 0.0407. The largest absolute Gasteiger partial charge is 0.467 e. The molecule has 0 bridgehead atoms. The molecular formula is C13H18N6O5S2. The summed E-state index contributed by atoms with van der Waals surface area (Å²) in [7, 11) is -3.04. The molecule has 142 valence electrons. The fourth-order valence-corrected chi connectivity index (χ4v) is 4.08. The topological polar surface area (TPSA) is 130 Å². The van der Waals surface area contributed by atoms with Crippen LogP contribution in [0.2, 0.25) is 0 Å². The monoisotopic (exact) mass is 402 g/mol. The number of rotatable bonds is 6. The molecule has 11 nitrogen and oxygen atoms in total. The van der Waals surface area contributed by atoms with Crippen LogP contribution in [-0.2, 0) is 16.8 Å². The normalized spacial score (nSPS) is 15.2. The zero-order chi connectivity index (χ0) is 18.9. The molecule has 0 saturated heterocycles. The number of amides is 1. The van der Waals surface area contributed by atoms with E-state index in [1.165, 1.54) is 11.7 Å². The van der Waals surface area contributed by atoms with Crippen molar-refractivity contribution in [1.82, 2.24) is 23.6 Å². The zero-order valence-corrected chi connectivity index (χ0v) is 15.8. The Hall–Kier alpha value is -2.41. The molecule has 0 spiro atoms. The number of carbonyl (C=O) groups is 1. The van der Waals surface area contributed by atoms with Gasteiger partial charge in [0, 0.05) is 24.2 Å². The van der Waals surface area contributed by atoms with Gasteiger partial charge in [-0.3, -0.25) is 0 Å². The summed E-state index contributed by atoms with van der Waals surface area (Å²) in [4.78, 5) is 24.8. The van der Waals surface area contributed by atoms with Gasteiger partial charge in [-0.1, -0.05) is 6.92 Å². The lowest BCUT2D eigenvalue weighted by Crippen LogP contribution is -2.40. The molecule has 3 rings (SSSR count). The van der Waals surface area contributed by atoms with Crippen molar-refractivity contribution in [1.29, 1.82) is 0 Å². The van der Waals surface area contributed by atoms with Crippen molar-refractivity contribution in [2.45, 2.75) is 38.8 Å². The summed E-state index contributed by atoms with van der Waals surface area (Å²) in [5.41, 5.74) is -0.755. The quantitative estimate of drug-likeness (QED) is 0.727. The lowest BCUT2D eigenvalue weighted by molar-refractivity contribution is 0.243. The van der Waals surface area contributed by atoms with Gasteiger partial charge in [0.05, 0.1) is 7.11 Å². The Morgan fingerprint density at radius 3 is 2.85 bits per heavy atom. The van der Waals surface area contributed by atoms with E-state index in [-0.39, 0.29) is 16.9 Å². The van der Waals surface area contributed by atoms with Crippen LogP contribution in [0.1, 0.15) is 32.2 Å². The Balaban J connectivity index is 1.88. The Morgan fingerprint density at radius 2 is 2.23 bits per heavy atom. The van der Waals surface area contributed by atoms with Gasteiger partial charge >= 0.3 is 27.9 Å². The number of thiazole rings is 1. The third-order valence-corrected chi connectivity index (χ3v) is 5.36. The number of hydrogen-bond donors (Lipinski definition) is 1. The standard InChI is InChI=1S/C13H18N6O5S2/c1-3-6-17-7-8-25-12(17)16-26(22,23)15-10(20)19-13(21)18(9-4-5-9)11(14-19)24-2/h7-9H,3-6H2,1-2H3,(H,15,20). The van der Waals surface area contributed by atoms with Gasteiger partial charge in [-0.15, -0.1) is 25.5 Å². The minimum Gasteiger partial charge on any atom is -0.467 e. The van der Waals surface area contributed by atoms with Crippen LogP contribution in [0.4, 0.5) is 4.79 Å². The third-order valence-electron chi connectivity index (χ3n) is 3.60. The van der Waals surface area contributed by atoms with Crippen LogP contribution in [0.15, 0.2) is 20.8 Å². The smallest absolute Gasteiger partial charge is 0.361 e. The van der Waals surface area contributed by atoms with Crippen molar-refractivity contribution in [2.75, 3.05) is 7.11 Å². The predicted molar refractivity (Wildman–Crippen MR) is 92.3 cm³/mol. The number of carbonyl (C=O) groups excluding carboxylic acids is 1. The zero-order valence-electron chi connectivity index (χ0n) is 14.2. The van der Waals surface area contributed by atoms with E-state index in [9.17, 15) is 18.0 Å². The Labute approximate surface area is 152 Å². The Kier molecular flexibility index (Phi) is 5.00. The van der Waals surface area contributed by atoms with Crippen LogP contribution in [0.25, 0.3) is 0 Å².